The molecule has 1 aromatic carbocycles. The highest BCUT2D eigenvalue weighted by molar-refractivity contribution is 5.94. The van der Waals surface area contributed by atoms with Crippen molar-refractivity contribution in [2.45, 2.75) is 33.2 Å². The predicted molar refractivity (Wildman–Crippen MR) is 113 cm³/mol. The Bertz CT molecular complexity index is 984. The number of amides is 1. The molecule has 2 aliphatic rings. The van der Waals surface area contributed by atoms with E-state index in [1.807, 2.05) is 0 Å². The van der Waals surface area contributed by atoms with E-state index in [0.29, 0.717) is 17.7 Å². The second-order valence-electron chi connectivity index (χ2n) is 7.31. The SMILES string of the molecule is CCOC(=O)C1=C(\C)[C@@H](C(=O)OCC)[C@@H](c2ccc([N+](=O)[O-])cc2)N2CCC(=O)N2/C=C\1. The van der Waals surface area contributed by atoms with Crippen molar-refractivity contribution in [2.24, 2.45) is 5.92 Å². The molecule has 170 valence electrons. The van der Waals surface area contributed by atoms with Gasteiger partial charge in [0, 0.05) is 31.3 Å². The summed E-state index contributed by atoms with van der Waals surface area (Å²) in [5.74, 6) is -2.32. The summed E-state index contributed by atoms with van der Waals surface area (Å²) in [7, 11) is 0. The van der Waals surface area contributed by atoms with Crippen LogP contribution >= 0.6 is 0 Å². The normalized spacial score (nSPS) is 24.3. The van der Waals surface area contributed by atoms with Crippen molar-refractivity contribution in [3.8, 4) is 0 Å². The number of nitro benzene ring substituents is 1. The smallest absolute Gasteiger partial charge is 0.338 e. The molecule has 10 heteroatoms. The zero-order valence-corrected chi connectivity index (χ0v) is 18.1. The number of non-ortho nitro benzene ring substituents is 1. The molecule has 3 rings (SSSR count). The van der Waals surface area contributed by atoms with E-state index in [4.69, 9.17) is 9.47 Å². The number of hydrogen-bond acceptors (Lipinski definition) is 8. The van der Waals surface area contributed by atoms with Crippen LogP contribution in [0.1, 0.15) is 38.8 Å². The first-order chi connectivity index (χ1) is 15.3. The number of carbonyl (C=O) groups excluding carboxylic acids is 3. The molecular weight excluding hydrogens is 418 g/mol. The van der Waals surface area contributed by atoms with E-state index in [1.54, 1.807) is 37.9 Å². The van der Waals surface area contributed by atoms with E-state index < -0.39 is 28.8 Å². The number of nitro groups is 1. The molecule has 32 heavy (non-hydrogen) atoms. The van der Waals surface area contributed by atoms with Crippen molar-refractivity contribution in [3.63, 3.8) is 0 Å². The van der Waals surface area contributed by atoms with Crippen molar-refractivity contribution in [1.82, 2.24) is 10.0 Å². The summed E-state index contributed by atoms with van der Waals surface area (Å²) in [6.45, 7) is 5.62. The first-order valence-electron chi connectivity index (χ1n) is 10.4. The summed E-state index contributed by atoms with van der Waals surface area (Å²) in [5.41, 5.74) is 1.07. The van der Waals surface area contributed by atoms with Crippen molar-refractivity contribution >= 4 is 23.5 Å². The monoisotopic (exact) mass is 443 g/mol. The van der Waals surface area contributed by atoms with Crippen LogP contribution in [0.25, 0.3) is 0 Å². The Kier molecular flexibility index (Phi) is 7.04. The molecule has 1 fully saturated rings. The van der Waals surface area contributed by atoms with Crippen molar-refractivity contribution in [3.05, 3.63) is 63.4 Å². The quantitative estimate of drug-likeness (QED) is 0.374. The van der Waals surface area contributed by atoms with E-state index >= 15 is 0 Å². The average Bonchev–Trinajstić information content (AvgIpc) is 3.10. The van der Waals surface area contributed by atoms with Crippen LogP contribution in [-0.4, -0.2) is 52.5 Å². The van der Waals surface area contributed by atoms with Gasteiger partial charge in [0.25, 0.3) is 5.69 Å². The molecular formula is C22H25N3O7. The van der Waals surface area contributed by atoms with Gasteiger partial charge in [-0.1, -0.05) is 12.1 Å². The zero-order chi connectivity index (χ0) is 23.4. The fourth-order valence-electron chi connectivity index (χ4n) is 4.00. The van der Waals surface area contributed by atoms with Gasteiger partial charge in [-0.05, 0) is 38.0 Å². The van der Waals surface area contributed by atoms with E-state index in [2.05, 4.69) is 0 Å². The molecule has 1 saturated heterocycles. The Hall–Kier alpha value is -3.53. The van der Waals surface area contributed by atoms with E-state index in [1.165, 1.54) is 29.4 Å². The van der Waals surface area contributed by atoms with Crippen LogP contribution in [0, 0.1) is 16.0 Å². The van der Waals surface area contributed by atoms with Crippen molar-refractivity contribution < 1.29 is 28.8 Å². The van der Waals surface area contributed by atoms with Gasteiger partial charge in [0.05, 0.1) is 29.8 Å². The van der Waals surface area contributed by atoms with Gasteiger partial charge in [-0.15, -0.1) is 0 Å². The minimum absolute atomic E-state index is 0.0963. The first kappa shape index (κ1) is 23.1. The van der Waals surface area contributed by atoms with Crippen molar-refractivity contribution in [2.75, 3.05) is 19.8 Å². The topological polar surface area (TPSA) is 119 Å². The van der Waals surface area contributed by atoms with Gasteiger partial charge in [-0.25, -0.2) is 14.8 Å². The molecule has 0 aliphatic carbocycles. The number of ether oxygens (including phenoxy) is 2. The third-order valence-corrected chi connectivity index (χ3v) is 5.48. The van der Waals surface area contributed by atoms with E-state index in [9.17, 15) is 24.5 Å². The van der Waals surface area contributed by atoms with E-state index in [-0.39, 0.29) is 36.8 Å². The number of benzene rings is 1. The van der Waals surface area contributed by atoms with Gasteiger partial charge in [0.1, 0.15) is 5.92 Å². The number of carbonyl (C=O) groups is 3. The number of hydrazine groups is 1. The molecule has 0 radical (unpaired) electrons. The molecule has 10 nitrogen and oxygen atoms in total. The molecule has 0 saturated carbocycles. The van der Waals surface area contributed by atoms with Crippen LogP contribution in [-0.2, 0) is 23.9 Å². The third-order valence-electron chi connectivity index (χ3n) is 5.48. The molecule has 0 unspecified atom stereocenters. The standard InChI is InChI=1S/C22H25N3O7/c1-4-31-21(27)17-10-12-23-18(26)11-13-24(23)20(19(14(17)3)22(28)32-5-2)15-6-8-16(9-7-15)25(29)30/h6-10,12,19-20H,4-5,11,13H2,1-3H3/b12-10-,17-14+/t19-,20-/m1/s1. The average molecular weight is 443 g/mol. The lowest BCUT2D eigenvalue weighted by Gasteiger charge is -2.39. The van der Waals surface area contributed by atoms with Gasteiger partial charge >= 0.3 is 11.9 Å². The number of fused-ring (bicyclic) bond motifs is 1. The van der Waals surface area contributed by atoms with Crippen LogP contribution < -0.4 is 0 Å². The second-order valence-corrected chi connectivity index (χ2v) is 7.31. The molecule has 0 bridgehead atoms. The minimum atomic E-state index is -0.950. The summed E-state index contributed by atoms with van der Waals surface area (Å²) in [6, 6.07) is 5.08. The summed E-state index contributed by atoms with van der Waals surface area (Å²) in [4.78, 5) is 49.0. The minimum Gasteiger partial charge on any atom is -0.465 e. The van der Waals surface area contributed by atoms with Gasteiger partial charge in [-0.2, -0.15) is 0 Å². The largest absolute Gasteiger partial charge is 0.465 e. The Morgan fingerprint density at radius 3 is 2.41 bits per heavy atom. The Morgan fingerprint density at radius 2 is 1.81 bits per heavy atom. The second kappa shape index (κ2) is 9.73. The zero-order valence-electron chi connectivity index (χ0n) is 18.1. The molecule has 0 N–H and O–H groups in total. The fraction of sp³-hybridized carbons (Fsp3) is 0.409. The third kappa shape index (κ3) is 4.40. The summed E-state index contributed by atoms with van der Waals surface area (Å²) in [5, 5.41) is 14.2. The van der Waals surface area contributed by atoms with Crippen LogP contribution in [0.2, 0.25) is 0 Å². The van der Waals surface area contributed by atoms with Crippen molar-refractivity contribution in [1.29, 1.82) is 0 Å². The molecule has 2 heterocycles. The fourth-order valence-corrected chi connectivity index (χ4v) is 4.00. The van der Waals surface area contributed by atoms with Gasteiger partial charge in [-0.3, -0.25) is 19.7 Å². The van der Waals surface area contributed by atoms with Gasteiger partial charge in [0.2, 0.25) is 5.91 Å². The maximum Gasteiger partial charge on any atom is 0.338 e. The van der Waals surface area contributed by atoms with Gasteiger partial charge < -0.3 is 9.47 Å². The summed E-state index contributed by atoms with van der Waals surface area (Å²) < 4.78 is 10.5. The first-order valence-corrected chi connectivity index (χ1v) is 10.4. The lowest BCUT2D eigenvalue weighted by molar-refractivity contribution is -0.384. The predicted octanol–water partition coefficient (Wildman–Crippen LogP) is 2.67. The Balaban J connectivity index is 2.21. The number of nitrogens with zero attached hydrogens (tertiary/aromatic N) is 3. The van der Waals surface area contributed by atoms with Crippen LogP contribution in [0.5, 0.6) is 0 Å². The van der Waals surface area contributed by atoms with Gasteiger partial charge in [0.15, 0.2) is 0 Å². The molecule has 1 aromatic rings. The van der Waals surface area contributed by atoms with E-state index in [0.717, 1.165) is 0 Å². The maximum absolute atomic E-state index is 13.2. The molecule has 2 atom stereocenters. The van der Waals surface area contributed by atoms with Crippen LogP contribution in [0.15, 0.2) is 47.7 Å². The highest BCUT2D eigenvalue weighted by atomic mass is 16.6. The molecule has 0 spiro atoms. The molecule has 0 aromatic heterocycles. The molecule has 1 amide bonds. The Morgan fingerprint density at radius 1 is 1.16 bits per heavy atom. The van der Waals surface area contributed by atoms with Crippen LogP contribution in [0.4, 0.5) is 5.69 Å². The lowest BCUT2D eigenvalue weighted by atomic mass is 9.84. The maximum atomic E-state index is 13.2. The Labute approximate surface area is 185 Å². The highest BCUT2D eigenvalue weighted by Gasteiger charge is 2.44. The van der Waals surface area contributed by atoms with Crippen LogP contribution in [0.3, 0.4) is 0 Å². The number of hydrogen-bond donors (Lipinski definition) is 0. The number of esters is 2. The lowest BCUT2D eigenvalue weighted by Crippen LogP contribution is -2.45. The summed E-state index contributed by atoms with van der Waals surface area (Å²) in [6.07, 6.45) is 3.18. The summed E-state index contributed by atoms with van der Waals surface area (Å²) >= 11 is 0. The highest BCUT2D eigenvalue weighted by Crippen LogP contribution is 2.41. The molecule has 2 aliphatic heterocycles. The number of rotatable bonds is 6.